The Morgan fingerprint density at radius 3 is 2.25 bits per heavy atom. The van der Waals surface area contributed by atoms with Gasteiger partial charge in [-0.05, 0) is 36.4 Å². The van der Waals surface area contributed by atoms with Crippen LogP contribution in [0.3, 0.4) is 0 Å². The number of hydrogen-bond donors (Lipinski definition) is 3. The quantitative estimate of drug-likeness (QED) is 0.726. The number of aromatic carboxylic acids is 1. The van der Waals surface area contributed by atoms with Crippen LogP contribution >= 0.6 is 0 Å². The summed E-state index contributed by atoms with van der Waals surface area (Å²) in [7, 11) is 0. The molecule has 0 spiro atoms. The highest BCUT2D eigenvalue weighted by molar-refractivity contribution is 5.88. The van der Waals surface area contributed by atoms with E-state index in [1.807, 2.05) is 6.07 Å². The first-order valence-corrected chi connectivity index (χ1v) is 5.76. The average Bonchev–Trinajstić information content (AvgIpc) is 2.40. The van der Waals surface area contributed by atoms with Crippen LogP contribution < -0.4 is 11.1 Å². The fourth-order valence-corrected chi connectivity index (χ4v) is 1.24. The summed E-state index contributed by atoms with van der Waals surface area (Å²) in [5.74, 6) is -0.436. The zero-order valence-corrected chi connectivity index (χ0v) is 10.9. The number of nitrogens with one attached hydrogen (secondary N) is 1. The highest BCUT2D eigenvalue weighted by Gasteiger charge is 1.98. The van der Waals surface area contributed by atoms with Crippen molar-refractivity contribution < 1.29 is 14.7 Å². The number of anilines is 2. The third-order valence-electron chi connectivity index (χ3n) is 2.13. The van der Waals surface area contributed by atoms with Crippen LogP contribution in [-0.4, -0.2) is 22.0 Å². The van der Waals surface area contributed by atoms with Gasteiger partial charge < -0.3 is 16.2 Å². The predicted octanol–water partition coefficient (Wildman–Crippen LogP) is 2.01. The molecule has 0 unspecified atom stereocenters. The standard InChI is InChI=1S/C7H8N2O.C7H7NO2/c1-6(10)9-7-4-2-3-5-8-7;8-6-3-1-5(2-4-6)7(9)10/h2-5H,1H3,(H,8,9,10);1-4H,8H2,(H,9,10). The lowest BCUT2D eigenvalue weighted by Gasteiger charge is -1.96. The maximum absolute atomic E-state index is 10.5. The van der Waals surface area contributed by atoms with E-state index in [1.165, 1.54) is 19.1 Å². The van der Waals surface area contributed by atoms with Crippen molar-refractivity contribution in [3.05, 3.63) is 54.2 Å². The number of rotatable bonds is 2. The number of benzene rings is 1. The van der Waals surface area contributed by atoms with E-state index in [-0.39, 0.29) is 11.5 Å². The molecule has 1 heterocycles. The minimum absolute atomic E-state index is 0.0984. The van der Waals surface area contributed by atoms with Crippen molar-refractivity contribution in [2.24, 2.45) is 0 Å². The Labute approximate surface area is 116 Å². The van der Waals surface area contributed by atoms with Crippen molar-refractivity contribution in [2.75, 3.05) is 11.1 Å². The lowest BCUT2D eigenvalue weighted by Crippen LogP contribution is -2.06. The largest absolute Gasteiger partial charge is 0.478 e. The third-order valence-corrected chi connectivity index (χ3v) is 2.13. The van der Waals surface area contributed by atoms with Gasteiger partial charge in [-0.25, -0.2) is 9.78 Å². The first kappa shape index (κ1) is 15.2. The Morgan fingerprint density at radius 1 is 1.15 bits per heavy atom. The second-order valence-corrected chi connectivity index (χ2v) is 3.82. The summed E-state index contributed by atoms with van der Waals surface area (Å²) in [6.07, 6.45) is 1.63. The van der Waals surface area contributed by atoms with Crippen LogP contribution in [0, 0.1) is 0 Å². The van der Waals surface area contributed by atoms with Crippen molar-refractivity contribution in [2.45, 2.75) is 6.92 Å². The molecule has 2 aromatic rings. The van der Waals surface area contributed by atoms with E-state index >= 15 is 0 Å². The van der Waals surface area contributed by atoms with Gasteiger partial charge in [-0.1, -0.05) is 6.07 Å². The van der Waals surface area contributed by atoms with Crippen LogP contribution in [0.2, 0.25) is 0 Å². The van der Waals surface area contributed by atoms with E-state index in [9.17, 15) is 9.59 Å². The van der Waals surface area contributed by atoms with E-state index in [2.05, 4.69) is 10.3 Å². The van der Waals surface area contributed by atoms with Crippen LogP contribution in [0.15, 0.2) is 48.7 Å². The molecule has 104 valence electrons. The second kappa shape index (κ2) is 7.52. The molecular weight excluding hydrogens is 258 g/mol. The number of amides is 1. The van der Waals surface area contributed by atoms with Crippen LogP contribution in [0.1, 0.15) is 17.3 Å². The van der Waals surface area contributed by atoms with Crippen LogP contribution in [0.4, 0.5) is 11.5 Å². The number of hydrogen-bond acceptors (Lipinski definition) is 4. The van der Waals surface area contributed by atoms with Crippen LogP contribution in [0.25, 0.3) is 0 Å². The van der Waals surface area contributed by atoms with Crippen molar-refractivity contribution >= 4 is 23.4 Å². The average molecular weight is 273 g/mol. The van der Waals surface area contributed by atoms with Gasteiger partial charge in [-0.15, -0.1) is 0 Å². The van der Waals surface area contributed by atoms with E-state index < -0.39 is 5.97 Å². The summed E-state index contributed by atoms with van der Waals surface area (Å²) in [6.45, 7) is 1.45. The molecular formula is C14H15N3O3. The molecule has 0 saturated carbocycles. The number of carbonyl (C=O) groups is 2. The van der Waals surface area contributed by atoms with Crippen molar-refractivity contribution in [3.8, 4) is 0 Å². The fourth-order valence-electron chi connectivity index (χ4n) is 1.24. The SMILES string of the molecule is CC(=O)Nc1ccccn1.Nc1ccc(C(=O)O)cc1. The van der Waals surface area contributed by atoms with Gasteiger partial charge in [0.2, 0.25) is 5.91 Å². The third kappa shape index (κ3) is 5.63. The Kier molecular flexibility index (Phi) is 5.71. The number of aromatic nitrogens is 1. The van der Waals surface area contributed by atoms with Crippen molar-refractivity contribution in [3.63, 3.8) is 0 Å². The molecule has 0 bridgehead atoms. The highest BCUT2D eigenvalue weighted by atomic mass is 16.4. The molecule has 6 nitrogen and oxygen atoms in total. The molecule has 6 heteroatoms. The predicted molar refractivity (Wildman–Crippen MR) is 76.4 cm³/mol. The molecule has 0 saturated heterocycles. The zero-order chi connectivity index (χ0) is 15.0. The van der Waals surface area contributed by atoms with E-state index in [4.69, 9.17) is 10.8 Å². The number of nitrogens with two attached hydrogens (primary N) is 1. The molecule has 1 aromatic heterocycles. The van der Waals surface area contributed by atoms with Gasteiger partial charge in [0.05, 0.1) is 5.56 Å². The van der Waals surface area contributed by atoms with E-state index in [0.717, 1.165) is 0 Å². The highest BCUT2D eigenvalue weighted by Crippen LogP contribution is 2.04. The lowest BCUT2D eigenvalue weighted by molar-refractivity contribution is -0.114. The monoisotopic (exact) mass is 273 g/mol. The molecule has 2 rings (SSSR count). The topological polar surface area (TPSA) is 105 Å². The van der Waals surface area contributed by atoms with Crippen molar-refractivity contribution in [1.82, 2.24) is 4.98 Å². The fraction of sp³-hybridized carbons (Fsp3) is 0.0714. The van der Waals surface area contributed by atoms with Gasteiger partial charge in [0, 0.05) is 18.8 Å². The maximum Gasteiger partial charge on any atom is 0.335 e. The molecule has 0 aliphatic heterocycles. The minimum Gasteiger partial charge on any atom is -0.478 e. The van der Waals surface area contributed by atoms with Crippen LogP contribution in [-0.2, 0) is 4.79 Å². The Hall–Kier alpha value is -2.89. The minimum atomic E-state index is -0.931. The number of nitrogens with zero attached hydrogens (tertiary/aromatic N) is 1. The molecule has 4 N–H and O–H groups in total. The normalized spacial score (nSPS) is 9.05. The molecule has 0 radical (unpaired) electrons. The van der Waals surface area contributed by atoms with Gasteiger partial charge in [0.1, 0.15) is 5.82 Å². The number of carboxylic acids is 1. The molecule has 1 aromatic carbocycles. The summed E-state index contributed by atoms with van der Waals surface area (Å²) >= 11 is 0. The molecule has 20 heavy (non-hydrogen) atoms. The van der Waals surface area contributed by atoms with Crippen molar-refractivity contribution in [1.29, 1.82) is 0 Å². The summed E-state index contributed by atoms with van der Waals surface area (Å²) < 4.78 is 0. The Bertz CT molecular complexity index is 568. The van der Waals surface area contributed by atoms with Gasteiger partial charge in [-0.3, -0.25) is 4.79 Å². The zero-order valence-electron chi connectivity index (χ0n) is 10.9. The molecule has 0 atom stereocenters. The number of nitrogen functional groups attached to an aromatic ring is 1. The number of carbonyl (C=O) groups excluding carboxylic acids is 1. The molecule has 0 fully saturated rings. The van der Waals surface area contributed by atoms with E-state index in [1.54, 1.807) is 30.5 Å². The first-order chi connectivity index (χ1) is 9.49. The summed E-state index contributed by atoms with van der Waals surface area (Å²) in [4.78, 5) is 24.6. The summed E-state index contributed by atoms with van der Waals surface area (Å²) in [5.41, 5.74) is 6.17. The number of carboxylic acid groups (broad SMARTS) is 1. The molecule has 0 aliphatic carbocycles. The van der Waals surface area contributed by atoms with Gasteiger partial charge in [-0.2, -0.15) is 0 Å². The summed E-state index contributed by atoms with van der Waals surface area (Å²) in [6, 6.07) is 11.4. The molecule has 1 amide bonds. The van der Waals surface area contributed by atoms with Crippen LogP contribution in [0.5, 0.6) is 0 Å². The second-order valence-electron chi connectivity index (χ2n) is 3.82. The van der Waals surface area contributed by atoms with Gasteiger partial charge in [0.25, 0.3) is 0 Å². The molecule has 0 aliphatic rings. The smallest absolute Gasteiger partial charge is 0.335 e. The Morgan fingerprint density at radius 2 is 1.80 bits per heavy atom. The summed E-state index contributed by atoms with van der Waals surface area (Å²) in [5, 5.41) is 11.0. The first-order valence-electron chi connectivity index (χ1n) is 5.76. The van der Waals surface area contributed by atoms with Gasteiger partial charge in [0.15, 0.2) is 0 Å². The van der Waals surface area contributed by atoms with E-state index in [0.29, 0.717) is 11.5 Å². The van der Waals surface area contributed by atoms with Gasteiger partial charge >= 0.3 is 5.97 Å². The Balaban J connectivity index is 0.000000200. The lowest BCUT2D eigenvalue weighted by atomic mass is 10.2. The maximum atomic E-state index is 10.5. The number of pyridine rings is 1.